The van der Waals surface area contributed by atoms with Gasteiger partial charge in [-0.2, -0.15) is 0 Å². The zero-order chi connectivity index (χ0) is 17.7. The van der Waals surface area contributed by atoms with E-state index in [9.17, 15) is 12.9 Å². The van der Waals surface area contributed by atoms with Crippen molar-refractivity contribution in [3.63, 3.8) is 0 Å². The molecule has 2 aromatic carbocycles. The van der Waals surface area contributed by atoms with Crippen LogP contribution in [-0.4, -0.2) is 42.9 Å². The fourth-order valence-corrected chi connectivity index (χ4v) is 6.17. The van der Waals surface area contributed by atoms with Crippen molar-refractivity contribution >= 4 is 41.4 Å². The van der Waals surface area contributed by atoms with E-state index in [1.54, 1.807) is 30.3 Å². The molecule has 130 valence electrons. The van der Waals surface area contributed by atoms with E-state index in [1.807, 2.05) is 0 Å². The number of hydrogen-bond donors (Lipinski definition) is 2. The maximum atomic E-state index is 12.6. The quantitative estimate of drug-likeness (QED) is 0.654. The molecule has 0 spiro atoms. The first-order valence-electron chi connectivity index (χ1n) is 7.05. The number of aliphatic hydroxyl groups is 1. The normalized spacial score (nSPS) is 14.7. The van der Waals surface area contributed by atoms with Gasteiger partial charge in [-0.15, -0.1) is 0 Å². The fourth-order valence-electron chi connectivity index (χ4n) is 2.13. The molecule has 0 aliphatic heterocycles. The van der Waals surface area contributed by atoms with E-state index in [0.717, 1.165) is 0 Å². The third-order valence-electron chi connectivity index (χ3n) is 3.24. The minimum atomic E-state index is -4.51. The Balaban J connectivity index is 2.03. The molecule has 0 radical (unpaired) electrons. The number of hydrogen-bond acceptors (Lipinski definition) is 4. The molecule has 0 aromatic heterocycles. The van der Waals surface area contributed by atoms with E-state index in [-0.39, 0.29) is 16.2 Å². The Hall–Kier alpha value is -1.10. The van der Waals surface area contributed by atoms with Crippen molar-refractivity contribution in [2.75, 3.05) is 13.7 Å². The molecule has 5 nitrogen and oxygen atoms in total. The summed E-state index contributed by atoms with van der Waals surface area (Å²) in [6.07, 6.45) is -1.13. The number of rotatable bonds is 7. The summed E-state index contributed by atoms with van der Waals surface area (Å²) in [6.45, 7) is -0.164. The summed E-state index contributed by atoms with van der Waals surface area (Å²) < 4.78 is 33.7. The van der Waals surface area contributed by atoms with Crippen molar-refractivity contribution in [3.8, 4) is 11.5 Å². The predicted molar refractivity (Wildman–Crippen MR) is 94.1 cm³/mol. The van der Waals surface area contributed by atoms with Crippen LogP contribution in [0.4, 0.5) is 0 Å². The molecule has 0 aliphatic rings. The third-order valence-corrected chi connectivity index (χ3v) is 8.05. The second kappa shape index (κ2) is 8.32. The van der Waals surface area contributed by atoms with Crippen LogP contribution in [0.2, 0.25) is 15.3 Å². The zero-order valence-corrected chi connectivity index (χ0v) is 16.2. The van der Waals surface area contributed by atoms with Crippen LogP contribution in [0.3, 0.4) is 0 Å². The van der Waals surface area contributed by atoms with E-state index in [0.29, 0.717) is 21.5 Å². The summed E-state index contributed by atoms with van der Waals surface area (Å²) in [6, 6.07) is 11.2. The second-order valence-corrected chi connectivity index (χ2v) is 10.7. The summed E-state index contributed by atoms with van der Waals surface area (Å²) >= 11 is 7.26. The van der Waals surface area contributed by atoms with Gasteiger partial charge in [0.25, 0.3) is 0 Å². The van der Waals surface area contributed by atoms with Gasteiger partial charge in [0, 0.05) is 0 Å². The minimum absolute atomic E-state index is 0.164. The Bertz CT molecular complexity index is 753. The topological polar surface area (TPSA) is 76.0 Å². The molecule has 0 amide bonds. The van der Waals surface area contributed by atoms with Crippen molar-refractivity contribution in [2.45, 2.75) is 11.3 Å². The summed E-state index contributed by atoms with van der Waals surface area (Å²) in [7, 11) is 1.43. The van der Waals surface area contributed by atoms with Crippen LogP contribution in [0.5, 0.6) is 11.5 Å². The van der Waals surface area contributed by atoms with Crippen LogP contribution >= 0.6 is 23.2 Å². The second-order valence-electron chi connectivity index (χ2n) is 5.10. The zero-order valence-electron chi connectivity index (χ0n) is 12.9. The molecule has 0 fully saturated rings. The molecule has 0 saturated heterocycles. The van der Waals surface area contributed by atoms with E-state index < -0.39 is 19.9 Å². The van der Waals surface area contributed by atoms with Gasteiger partial charge in [-0.1, -0.05) is 0 Å². The molecule has 2 N–H and O–H groups in total. The number of halogens is 2. The monoisotopic (exact) mass is 434 g/mol. The molecule has 0 heterocycles. The Kier molecular flexibility index (Phi) is 6.67. The van der Waals surface area contributed by atoms with E-state index >= 15 is 0 Å². The van der Waals surface area contributed by atoms with Crippen LogP contribution in [-0.2, 0) is 3.74 Å². The van der Waals surface area contributed by atoms with Crippen LogP contribution in [0.15, 0.2) is 42.5 Å². The first kappa shape index (κ1) is 19.2. The fraction of sp³-hybridized carbons (Fsp3) is 0.250. The van der Waals surface area contributed by atoms with Gasteiger partial charge in [0.1, 0.15) is 0 Å². The SMILES string of the molecule is COc1ccccc1[As](=O)(O)CC(O)COc1ccc(Cl)cc1Cl. The number of para-hydroxylation sites is 1. The van der Waals surface area contributed by atoms with Crippen LogP contribution in [0.1, 0.15) is 0 Å². The number of benzene rings is 2. The van der Waals surface area contributed by atoms with E-state index in [1.165, 1.54) is 19.2 Å². The van der Waals surface area contributed by atoms with Crippen LogP contribution in [0, 0.1) is 0 Å². The number of ether oxygens (including phenoxy) is 2. The molecule has 0 saturated carbocycles. The molecule has 24 heavy (non-hydrogen) atoms. The standard InChI is InChI=1S/C16H17AsCl2O5/c1-23-15-5-3-2-4-13(15)17(21,22)9-12(20)10-24-16-7-6-11(18)8-14(16)19/h2-8,12,20H,9-10H2,1H3,(H,21,22). The summed E-state index contributed by atoms with van der Waals surface area (Å²) in [4.78, 5) is 0. The van der Waals surface area contributed by atoms with Gasteiger partial charge in [0.15, 0.2) is 0 Å². The van der Waals surface area contributed by atoms with Crippen LogP contribution in [0.25, 0.3) is 0 Å². The van der Waals surface area contributed by atoms with Crippen molar-refractivity contribution in [1.29, 1.82) is 0 Å². The summed E-state index contributed by atoms with van der Waals surface area (Å²) in [5.41, 5.74) is 0. The molecular weight excluding hydrogens is 418 g/mol. The molecule has 0 bridgehead atoms. The van der Waals surface area contributed by atoms with Gasteiger partial charge < -0.3 is 0 Å². The molecule has 2 unspecified atom stereocenters. The molecule has 2 aromatic rings. The molecule has 2 atom stereocenters. The summed E-state index contributed by atoms with van der Waals surface area (Å²) in [5, 5.41) is 10.5. The first-order valence-corrected chi connectivity index (χ1v) is 11.7. The predicted octanol–water partition coefficient (Wildman–Crippen LogP) is 2.51. The Labute approximate surface area is 152 Å². The van der Waals surface area contributed by atoms with Crippen LogP contribution < -0.4 is 13.8 Å². The Morgan fingerprint density at radius 2 is 1.88 bits per heavy atom. The number of methoxy groups -OCH3 is 1. The third kappa shape index (κ3) is 4.95. The Morgan fingerprint density at radius 1 is 1.17 bits per heavy atom. The van der Waals surface area contributed by atoms with Gasteiger partial charge in [-0.25, -0.2) is 0 Å². The van der Waals surface area contributed by atoms with E-state index in [2.05, 4.69) is 0 Å². The van der Waals surface area contributed by atoms with Crippen molar-refractivity contribution in [2.24, 2.45) is 0 Å². The van der Waals surface area contributed by atoms with Gasteiger partial charge >= 0.3 is 153 Å². The molecule has 0 aliphatic carbocycles. The van der Waals surface area contributed by atoms with Gasteiger partial charge in [0.05, 0.1) is 0 Å². The van der Waals surface area contributed by atoms with Crippen molar-refractivity contribution < 1.29 is 22.4 Å². The number of aliphatic hydroxyl groups excluding tert-OH is 1. The average molecular weight is 435 g/mol. The Morgan fingerprint density at radius 3 is 2.54 bits per heavy atom. The molecule has 2 rings (SSSR count). The van der Waals surface area contributed by atoms with Gasteiger partial charge in [-0.05, 0) is 0 Å². The maximum absolute atomic E-state index is 12.6. The molecular formula is C16H17AsCl2O5. The molecule has 8 heteroatoms. The van der Waals surface area contributed by atoms with E-state index in [4.69, 9.17) is 32.7 Å². The van der Waals surface area contributed by atoms with Crippen molar-refractivity contribution in [1.82, 2.24) is 0 Å². The summed E-state index contributed by atoms with van der Waals surface area (Å²) in [5.74, 6) is 0.675. The van der Waals surface area contributed by atoms with Gasteiger partial charge in [-0.3, -0.25) is 0 Å². The van der Waals surface area contributed by atoms with Crippen molar-refractivity contribution in [3.05, 3.63) is 52.5 Å². The first-order chi connectivity index (χ1) is 11.3. The average Bonchev–Trinajstić information content (AvgIpc) is 2.53. The van der Waals surface area contributed by atoms with Gasteiger partial charge in [0.2, 0.25) is 0 Å².